The van der Waals surface area contributed by atoms with E-state index in [0.717, 1.165) is 0 Å². The molecule has 0 saturated heterocycles. The zero-order valence-corrected chi connectivity index (χ0v) is 5.00. The third-order valence-electron chi connectivity index (χ3n) is 1.21. The average molecular weight is 124 g/mol. The summed E-state index contributed by atoms with van der Waals surface area (Å²) in [6.07, 6.45) is 3.10. The van der Waals surface area contributed by atoms with Gasteiger partial charge in [0.15, 0.2) is 0 Å². The van der Waals surface area contributed by atoms with E-state index >= 15 is 0 Å². The molecule has 0 saturated carbocycles. The molecule has 48 valence electrons. The second-order valence-corrected chi connectivity index (χ2v) is 1.77. The largest absolute Gasteiger partial charge is 0.313 e. The fraction of sp³-hybridized carbons (Fsp3) is 0.167. The molecule has 0 unspecified atom stereocenters. The van der Waals surface area contributed by atoms with Gasteiger partial charge >= 0.3 is 0 Å². The van der Waals surface area contributed by atoms with Crippen molar-refractivity contribution in [2.45, 2.75) is 0 Å². The van der Waals surface area contributed by atoms with Crippen molar-refractivity contribution >= 4 is 5.91 Å². The van der Waals surface area contributed by atoms with E-state index in [2.05, 4.69) is 6.58 Å². The summed E-state index contributed by atoms with van der Waals surface area (Å²) in [5.74, 6) is -0.0810. The Kier molecular flexibility index (Phi) is 1.36. The lowest BCUT2D eigenvalue weighted by Gasteiger charge is -2.12. The molecule has 0 aromatic heterocycles. The minimum atomic E-state index is -0.0810. The van der Waals surface area contributed by atoms with Crippen LogP contribution in [0.25, 0.3) is 0 Å². The Morgan fingerprint density at radius 3 is 2.56 bits per heavy atom. The van der Waals surface area contributed by atoms with Crippen LogP contribution >= 0.6 is 0 Å². The lowest BCUT2D eigenvalue weighted by molar-refractivity contribution is -0.123. The highest BCUT2D eigenvalue weighted by molar-refractivity contribution is 5.92. The first-order valence-corrected chi connectivity index (χ1v) is 2.64. The summed E-state index contributed by atoms with van der Waals surface area (Å²) in [7, 11) is 0. The number of hydrogen-bond acceptors (Lipinski definition) is 2. The molecule has 0 atom stereocenters. The molecule has 1 aliphatic rings. The van der Waals surface area contributed by atoms with E-state index in [1.165, 1.54) is 11.0 Å². The van der Waals surface area contributed by atoms with Gasteiger partial charge in [-0.05, 0) is 6.08 Å². The van der Waals surface area contributed by atoms with Crippen LogP contribution in [0.15, 0.2) is 24.4 Å². The monoisotopic (exact) mass is 124 g/mol. The summed E-state index contributed by atoms with van der Waals surface area (Å²) < 4.78 is 0. The molecule has 1 heterocycles. The van der Waals surface area contributed by atoms with Crippen LogP contribution in [0.5, 0.6) is 0 Å². The smallest absolute Gasteiger partial charge is 0.252 e. The van der Waals surface area contributed by atoms with Crippen LogP contribution in [-0.4, -0.2) is 17.5 Å². The molecular formula is C6H8N2O. The Hall–Kier alpha value is -1.09. The van der Waals surface area contributed by atoms with Crippen molar-refractivity contribution in [1.82, 2.24) is 4.90 Å². The predicted molar refractivity (Wildman–Crippen MR) is 34.2 cm³/mol. The van der Waals surface area contributed by atoms with Gasteiger partial charge in [0, 0.05) is 11.8 Å². The predicted octanol–water partition coefficient (Wildman–Crippen LogP) is -0.185. The Morgan fingerprint density at radius 2 is 2.33 bits per heavy atom. The molecule has 0 spiro atoms. The van der Waals surface area contributed by atoms with Crippen molar-refractivity contribution in [3.05, 3.63) is 24.4 Å². The van der Waals surface area contributed by atoms with Crippen LogP contribution < -0.4 is 5.73 Å². The van der Waals surface area contributed by atoms with Gasteiger partial charge in [-0.25, -0.2) is 0 Å². The Bertz CT molecular complexity index is 165. The molecule has 0 aromatic carbocycles. The zero-order chi connectivity index (χ0) is 6.85. The summed E-state index contributed by atoms with van der Waals surface area (Å²) in [4.78, 5) is 12.1. The summed E-state index contributed by atoms with van der Waals surface area (Å²) in [5, 5.41) is 0. The maximum Gasteiger partial charge on any atom is 0.252 e. The van der Waals surface area contributed by atoms with Gasteiger partial charge < -0.3 is 5.73 Å². The van der Waals surface area contributed by atoms with Crippen LogP contribution in [0.4, 0.5) is 0 Å². The summed E-state index contributed by atoms with van der Waals surface area (Å²) >= 11 is 0. The molecule has 1 rings (SSSR count). The number of carbonyl (C=O) groups is 1. The maximum absolute atomic E-state index is 10.7. The molecule has 0 radical (unpaired) electrons. The molecule has 0 bridgehead atoms. The zero-order valence-electron chi connectivity index (χ0n) is 5.00. The van der Waals surface area contributed by atoms with E-state index in [4.69, 9.17) is 5.73 Å². The van der Waals surface area contributed by atoms with Gasteiger partial charge in [-0.1, -0.05) is 6.58 Å². The number of nitrogens with two attached hydrogens (primary N) is 1. The Balaban J connectivity index is 2.75. The highest BCUT2D eigenvalue weighted by Gasteiger charge is 2.15. The van der Waals surface area contributed by atoms with E-state index in [1.807, 2.05) is 0 Å². The second-order valence-electron chi connectivity index (χ2n) is 1.77. The minimum Gasteiger partial charge on any atom is -0.313 e. The van der Waals surface area contributed by atoms with Gasteiger partial charge in [0.2, 0.25) is 0 Å². The Labute approximate surface area is 53.4 Å². The SMILES string of the molecule is C=C1C=CC(=O)N1CN. The number of hydrogen-bond donors (Lipinski definition) is 1. The van der Waals surface area contributed by atoms with E-state index in [9.17, 15) is 4.79 Å². The first-order valence-electron chi connectivity index (χ1n) is 2.64. The lowest BCUT2D eigenvalue weighted by atomic mass is 10.5. The van der Waals surface area contributed by atoms with E-state index in [0.29, 0.717) is 5.70 Å². The molecule has 0 aromatic rings. The molecule has 2 N–H and O–H groups in total. The van der Waals surface area contributed by atoms with Crippen molar-refractivity contribution in [1.29, 1.82) is 0 Å². The van der Waals surface area contributed by atoms with Crippen molar-refractivity contribution in [3.63, 3.8) is 0 Å². The molecule has 3 heteroatoms. The third kappa shape index (κ3) is 0.861. The van der Waals surface area contributed by atoms with Crippen molar-refractivity contribution in [2.24, 2.45) is 5.73 Å². The number of amides is 1. The number of rotatable bonds is 1. The van der Waals surface area contributed by atoms with Crippen LogP contribution in [0.1, 0.15) is 0 Å². The van der Waals surface area contributed by atoms with Crippen molar-refractivity contribution in [3.8, 4) is 0 Å². The van der Waals surface area contributed by atoms with Gasteiger partial charge in [0.25, 0.3) is 5.91 Å². The second kappa shape index (κ2) is 2.03. The summed E-state index contributed by atoms with van der Waals surface area (Å²) in [6.45, 7) is 3.81. The maximum atomic E-state index is 10.7. The first kappa shape index (κ1) is 6.04. The number of allylic oxidation sites excluding steroid dienone is 1. The van der Waals surface area contributed by atoms with Gasteiger partial charge in [-0.3, -0.25) is 9.69 Å². The summed E-state index contributed by atoms with van der Waals surface area (Å²) in [5.41, 5.74) is 5.89. The third-order valence-corrected chi connectivity index (χ3v) is 1.21. The van der Waals surface area contributed by atoms with Crippen LogP contribution in [0.2, 0.25) is 0 Å². The van der Waals surface area contributed by atoms with E-state index in [1.54, 1.807) is 6.08 Å². The molecular weight excluding hydrogens is 116 g/mol. The van der Waals surface area contributed by atoms with Crippen molar-refractivity contribution < 1.29 is 4.79 Å². The quantitative estimate of drug-likeness (QED) is 0.527. The van der Waals surface area contributed by atoms with Gasteiger partial charge in [-0.15, -0.1) is 0 Å². The fourth-order valence-corrected chi connectivity index (χ4v) is 0.696. The molecule has 9 heavy (non-hydrogen) atoms. The van der Waals surface area contributed by atoms with Crippen LogP contribution in [0.3, 0.4) is 0 Å². The molecule has 1 amide bonds. The van der Waals surface area contributed by atoms with Gasteiger partial charge in [0.05, 0.1) is 6.67 Å². The van der Waals surface area contributed by atoms with E-state index < -0.39 is 0 Å². The highest BCUT2D eigenvalue weighted by atomic mass is 16.2. The van der Waals surface area contributed by atoms with Crippen LogP contribution in [0, 0.1) is 0 Å². The van der Waals surface area contributed by atoms with Gasteiger partial charge in [-0.2, -0.15) is 0 Å². The standard InChI is InChI=1S/C6H8N2O/c1-5-2-3-6(9)8(5)4-7/h2-3H,1,4,7H2. The first-order chi connectivity index (χ1) is 4.25. The minimum absolute atomic E-state index is 0.0810. The average Bonchev–Trinajstić information content (AvgIpc) is 2.12. The summed E-state index contributed by atoms with van der Waals surface area (Å²) in [6, 6.07) is 0. The highest BCUT2D eigenvalue weighted by Crippen LogP contribution is 2.09. The van der Waals surface area contributed by atoms with Crippen molar-refractivity contribution in [2.75, 3.05) is 6.67 Å². The molecule has 0 aliphatic carbocycles. The molecule has 1 aliphatic heterocycles. The normalized spacial score (nSPS) is 17.7. The number of nitrogens with zero attached hydrogens (tertiary/aromatic N) is 1. The Morgan fingerprint density at radius 1 is 1.67 bits per heavy atom. The van der Waals surface area contributed by atoms with E-state index in [-0.39, 0.29) is 12.6 Å². The molecule has 0 fully saturated rings. The number of carbonyl (C=O) groups excluding carboxylic acids is 1. The van der Waals surface area contributed by atoms with Crippen LogP contribution in [-0.2, 0) is 4.79 Å². The lowest BCUT2D eigenvalue weighted by Crippen LogP contribution is -2.29. The molecule has 3 nitrogen and oxygen atoms in total. The topological polar surface area (TPSA) is 46.3 Å². The fourth-order valence-electron chi connectivity index (χ4n) is 0.696. The van der Waals surface area contributed by atoms with Gasteiger partial charge in [0.1, 0.15) is 0 Å².